The van der Waals surface area contributed by atoms with Crippen LogP contribution in [0.15, 0.2) is 24.3 Å². The fourth-order valence-electron chi connectivity index (χ4n) is 2.62. The van der Waals surface area contributed by atoms with Crippen LogP contribution in [0.5, 0.6) is 0 Å². The lowest BCUT2D eigenvalue weighted by molar-refractivity contribution is -0.151. The summed E-state index contributed by atoms with van der Waals surface area (Å²) in [7, 11) is 0. The van der Waals surface area contributed by atoms with E-state index in [9.17, 15) is 14.7 Å². The Bertz CT molecular complexity index is 549. The maximum Gasteiger partial charge on any atom is 0.310 e. The van der Waals surface area contributed by atoms with Crippen molar-refractivity contribution in [1.29, 1.82) is 0 Å². The highest BCUT2D eigenvalue weighted by molar-refractivity contribution is 14.1. The fourth-order valence-corrected chi connectivity index (χ4v) is 3.17. The molecule has 0 spiro atoms. The van der Waals surface area contributed by atoms with Gasteiger partial charge in [0.05, 0.1) is 12.0 Å². The second kappa shape index (κ2) is 6.74. The zero-order valence-electron chi connectivity index (χ0n) is 11.9. The molecule has 1 heterocycles. The zero-order chi connectivity index (χ0) is 15.5. The Hall–Kier alpha value is -1.15. The largest absolute Gasteiger partial charge is 0.481 e. The molecule has 1 aromatic carbocycles. The van der Waals surface area contributed by atoms with E-state index in [1.165, 1.54) is 0 Å². The van der Waals surface area contributed by atoms with Gasteiger partial charge in [-0.1, -0.05) is 6.07 Å². The number of likely N-dealkylation sites (tertiary alicyclic amines) is 1. The lowest BCUT2D eigenvalue weighted by Crippen LogP contribution is -2.48. The van der Waals surface area contributed by atoms with Crippen LogP contribution >= 0.6 is 22.6 Å². The van der Waals surface area contributed by atoms with Crippen molar-refractivity contribution in [3.63, 3.8) is 0 Å². The summed E-state index contributed by atoms with van der Waals surface area (Å²) in [4.78, 5) is 25.3. The van der Waals surface area contributed by atoms with Gasteiger partial charge in [0, 0.05) is 15.8 Å². The number of benzene rings is 1. The number of hydrogen-bond donors (Lipinski definition) is 2. The van der Waals surface area contributed by atoms with E-state index in [-0.39, 0.29) is 12.5 Å². The summed E-state index contributed by atoms with van der Waals surface area (Å²) < 4.78 is 1.06. The summed E-state index contributed by atoms with van der Waals surface area (Å²) in [5.74, 6) is -0.892. The van der Waals surface area contributed by atoms with Gasteiger partial charge in [-0.05, 0) is 67.1 Å². The van der Waals surface area contributed by atoms with E-state index in [0.717, 1.165) is 22.2 Å². The van der Waals surface area contributed by atoms with Crippen molar-refractivity contribution in [2.45, 2.75) is 19.8 Å². The average molecular weight is 402 g/mol. The van der Waals surface area contributed by atoms with E-state index < -0.39 is 11.4 Å². The SMILES string of the molecule is CC1(C(=O)O)CCCN(CC(=O)Nc2cccc(I)c2)C1. The summed E-state index contributed by atoms with van der Waals surface area (Å²) in [6, 6.07) is 7.59. The van der Waals surface area contributed by atoms with Crippen LogP contribution < -0.4 is 5.32 Å². The normalized spacial score (nSPS) is 22.8. The second-order valence-electron chi connectivity index (χ2n) is 5.74. The molecule has 1 unspecified atom stereocenters. The lowest BCUT2D eigenvalue weighted by atomic mass is 9.82. The third-order valence-electron chi connectivity index (χ3n) is 3.77. The highest BCUT2D eigenvalue weighted by Crippen LogP contribution is 2.29. The van der Waals surface area contributed by atoms with Gasteiger partial charge >= 0.3 is 5.97 Å². The van der Waals surface area contributed by atoms with Crippen molar-refractivity contribution in [1.82, 2.24) is 4.90 Å². The minimum Gasteiger partial charge on any atom is -0.481 e. The quantitative estimate of drug-likeness (QED) is 0.760. The van der Waals surface area contributed by atoms with E-state index in [1.54, 1.807) is 6.92 Å². The van der Waals surface area contributed by atoms with Gasteiger partial charge in [-0.15, -0.1) is 0 Å². The number of rotatable bonds is 4. The molecule has 1 aliphatic rings. The molecule has 5 nitrogen and oxygen atoms in total. The number of nitrogens with one attached hydrogen (secondary N) is 1. The first-order chi connectivity index (χ1) is 9.89. The first-order valence-electron chi connectivity index (χ1n) is 6.90. The molecule has 1 saturated heterocycles. The smallest absolute Gasteiger partial charge is 0.310 e. The van der Waals surface area contributed by atoms with Gasteiger partial charge in [0.2, 0.25) is 5.91 Å². The van der Waals surface area contributed by atoms with Crippen LogP contribution in [0.2, 0.25) is 0 Å². The Labute approximate surface area is 137 Å². The molecule has 2 rings (SSSR count). The van der Waals surface area contributed by atoms with Crippen LogP contribution in [-0.2, 0) is 9.59 Å². The Morgan fingerprint density at radius 1 is 1.48 bits per heavy atom. The number of nitrogens with zero attached hydrogens (tertiary/aromatic N) is 1. The molecule has 6 heteroatoms. The molecule has 114 valence electrons. The van der Waals surface area contributed by atoms with Crippen LogP contribution in [0.4, 0.5) is 5.69 Å². The molecule has 0 aliphatic carbocycles. The zero-order valence-corrected chi connectivity index (χ0v) is 14.1. The average Bonchev–Trinajstić information content (AvgIpc) is 2.38. The van der Waals surface area contributed by atoms with Gasteiger partial charge in [-0.3, -0.25) is 14.5 Å². The first-order valence-corrected chi connectivity index (χ1v) is 7.98. The number of carboxylic acids is 1. The first kappa shape index (κ1) is 16.2. The van der Waals surface area contributed by atoms with Crippen LogP contribution in [-0.4, -0.2) is 41.5 Å². The van der Waals surface area contributed by atoms with Gasteiger partial charge < -0.3 is 10.4 Å². The fraction of sp³-hybridized carbons (Fsp3) is 0.467. The third-order valence-corrected chi connectivity index (χ3v) is 4.44. The van der Waals surface area contributed by atoms with Crippen molar-refractivity contribution in [3.8, 4) is 0 Å². The van der Waals surface area contributed by atoms with Crippen LogP contribution in [0.25, 0.3) is 0 Å². The second-order valence-corrected chi connectivity index (χ2v) is 6.98. The van der Waals surface area contributed by atoms with E-state index >= 15 is 0 Å². The molecule has 2 N–H and O–H groups in total. The number of amides is 1. The number of carbonyl (C=O) groups excluding carboxylic acids is 1. The number of halogens is 1. The Morgan fingerprint density at radius 2 is 2.24 bits per heavy atom. The summed E-state index contributed by atoms with van der Waals surface area (Å²) >= 11 is 2.19. The maximum atomic E-state index is 12.1. The number of carbonyl (C=O) groups is 2. The minimum atomic E-state index is -0.787. The highest BCUT2D eigenvalue weighted by Gasteiger charge is 2.38. The number of anilines is 1. The predicted octanol–water partition coefficient (Wildman–Crippen LogP) is 2.42. The molecule has 1 fully saturated rings. The Morgan fingerprint density at radius 3 is 2.90 bits per heavy atom. The number of hydrogen-bond acceptors (Lipinski definition) is 3. The van der Waals surface area contributed by atoms with E-state index in [0.29, 0.717) is 13.0 Å². The number of aliphatic carboxylic acids is 1. The van der Waals surface area contributed by atoms with Crippen LogP contribution in [0.3, 0.4) is 0 Å². The van der Waals surface area contributed by atoms with E-state index in [2.05, 4.69) is 27.9 Å². The predicted molar refractivity (Wildman–Crippen MR) is 89.2 cm³/mol. The van der Waals surface area contributed by atoms with Gasteiger partial charge in [-0.2, -0.15) is 0 Å². The van der Waals surface area contributed by atoms with Gasteiger partial charge in [-0.25, -0.2) is 0 Å². The topological polar surface area (TPSA) is 69.6 Å². The molecule has 0 radical (unpaired) electrons. The molecule has 1 atom stereocenters. The summed E-state index contributed by atoms with van der Waals surface area (Å²) in [6.07, 6.45) is 1.47. The molecule has 0 saturated carbocycles. The molecule has 0 bridgehead atoms. The van der Waals surface area contributed by atoms with E-state index in [4.69, 9.17) is 0 Å². The van der Waals surface area contributed by atoms with Crippen LogP contribution in [0.1, 0.15) is 19.8 Å². The third kappa shape index (κ3) is 4.41. The molecule has 1 aliphatic heterocycles. The number of piperidine rings is 1. The summed E-state index contributed by atoms with van der Waals surface area (Å²) in [5, 5.41) is 12.1. The molecular weight excluding hydrogens is 383 g/mol. The lowest BCUT2D eigenvalue weighted by Gasteiger charge is -2.37. The Kier molecular flexibility index (Phi) is 5.21. The van der Waals surface area contributed by atoms with E-state index in [1.807, 2.05) is 29.2 Å². The van der Waals surface area contributed by atoms with Crippen molar-refractivity contribution in [3.05, 3.63) is 27.8 Å². The molecule has 0 aromatic heterocycles. The Balaban J connectivity index is 1.92. The maximum absolute atomic E-state index is 12.1. The molecule has 1 amide bonds. The molecular formula is C15H19IN2O3. The van der Waals surface area contributed by atoms with Crippen molar-refractivity contribution in [2.75, 3.05) is 25.0 Å². The van der Waals surface area contributed by atoms with Gasteiger partial charge in [0.1, 0.15) is 0 Å². The van der Waals surface area contributed by atoms with Crippen LogP contribution in [0, 0.1) is 8.99 Å². The monoisotopic (exact) mass is 402 g/mol. The van der Waals surface area contributed by atoms with Crippen molar-refractivity contribution in [2.24, 2.45) is 5.41 Å². The van der Waals surface area contributed by atoms with Gasteiger partial charge in [0.15, 0.2) is 0 Å². The standard InChI is InChI=1S/C15H19IN2O3/c1-15(14(20)21)6-3-7-18(10-15)9-13(19)17-12-5-2-4-11(16)8-12/h2,4-5,8H,3,6-7,9-10H2,1H3,(H,17,19)(H,20,21). The van der Waals surface area contributed by atoms with Crippen molar-refractivity contribution >= 4 is 40.2 Å². The van der Waals surface area contributed by atoms with Gasteiger partial charge in [0.25, 0.3) is 0 Å². The highest BCUT2D eigenvalue weighted by atomic mass is 127. The van der Waals surface area contributed by atoms with Crippen molar-refractivity contribution < 1.29 is 14.7 Å². The minimum absolute atomic E-state index is 0.105. The number of carboxylic acid groups (broad SMARTS) is 1. The summed E-state index contributed by atoms with van der Waals surface area (Å²) in [6.45, 7) is 3.16. The molecule has 21 heavy (non-hydrogen) atoms. The summed E-state index contributed by atoms with van der Waals surface area (Å²) in [5.41, 5.74) is 0.0191. The molecule has 1 aromatic rings.